The SMILES string of the molecule is CCN1C(=O)C(=Cc2cc(Br)c(OCc3cccc(F)c3)c(Br)c2)NC1=S. The van der Waals surface area contributed by atoms with Crippen molar-refractivity contribution in [2.24, 2.45) is 0 Å². The van der Waals surface area contributed by atoms with E-state index in [1.54, 1.807) is 18.2 Å². The van der Waals surface area contributed by atoms with Gasteiger partial charge in [-0.05, 0) is 92.5 Å². The number of hydrogen-bond acceptors (Lipinski definition) is 3. The third-order valence-electron chi connectivity index (χ3n) is 3.88. The number of ether oxygens (including phenoxy) is 1. The highest BCUT2D eigenvalue weighted by atomic mass is 79.9. The molecule has 1 saturated heterocycles. The lowest BCUT2D eigenvalue weighted by atomic mass is 10.2. The fourth-order valence-electron chi connectivity index (χ4n) is 2.61. The summed E-state index contributed by atoms with van der Waals surface area (Å²) in [7, 11) is 0. The molecule has 140 valence electrons. The van der Waals surface area contributed by atoms with Gasteiger partial charge in [0.25, 0.3) is 5.91 Å². The van der Waals surface area contributed by atoms with Crippen molar-refractivity contribution in [3.63, 3.8) is 0 Å². The number of rotatable bonds is 5. The smallest absolute Gasteiger partial charge is 0.276 e. The zero-order valence-electron chi connectivity index (χ0n) is 14.3. The van der Waals surface area contributed by atoms with Crippen LogP contribution in [0, 0.1) is 5.82 Å². The predicted octanol–water partition coefficient (Wildman–Crippen LogP) is 5.01. The molecular weight excluding hydrogens is 499 g/mol. The van der Waals surface area contributed by atoms with Gasteiger partial charge in [0.05, 0.1) is 8.95 Å². The van der Waals surface area contributed by atoms with Crippen LogP contribution >= 0.6 is 44.1 Å². The van der Waals surface area contributed by atoms with Gasteiger partial charge in [-0.1, -0.05) is 12.1 Å². The van der Waals surface area contributed by atoms with Gasteiger partial charge >= 0.3 is 0 Å². The van der Waals surface area contributed by atoms with Gasteiger partial charge in [-0.15, -0.1) is 0 Å². The minimum atomic E-state index is -0.302. The molecule has 0 spiro atoms. The van der Waals surface area contributed by atoms with Crippen LogP contribution in [0.15, 0.2) is 51.0 Å². The summed E-state index contributed by atoms with van der Waals surface area (Å²) in [5, 5.41) is 3.33. The second kappa shape index (κ2) is 8.50. The van der Waals surface area contributed by atoms with Crippen LogP contribution in [0.25, 0.3) is 6.08 Å². The van der Waals surface area contributed by atoms with Crippen molar-refractivity contribution >= 4 is 61.2 Å². The Labute approximate surface area is 178 Å². The van der Waals surface area contributed by atoms with Crippen molar-refractivity contribution in [2.75, 3.05) is 6.54 Å². The maximum absolute atomic E-state index is 13.3. The lowest BCUT2D eigenvalue weighted by Crippen LogP contribution is -2.30. The highest BCUT2D eigenvalue weighted by molar-refractivity contribution is 9.11. The number of amides is 1. The van der Waals surface area contributed by atoms with Gasteiger partial charge in [0.2, 0.25) is 0 Å². The molecule has 0 bridgehead atoms. The van der Waals surface area contributed by atoms with Crippen molar-refractivity contribution in [1.82, 2.24) is 10.2 Å². The molecule has 0 unspecified atom stereocenters. The molecule has 1 amide bonds. The molecule has 1 aliphatic rings. The van der Waals surface area contributed by atoms with Crippen LogP contribution in [0.3, 0.4) is 0 Å². The lowest BCUT2D eigenvalue weighted by Gasteiger charge is -2.12. The molecule has 1 heterocycles. The first-order valence-electron chi connectivity index (χ1n) is 8.10. The molecule has 0 saturated carbocycles. The van der Waals surface area contributed by atoms with E-state index >= 15 is 0 Å². The van der Waals surface area contributed by atoms with Crippen molar-refractivity contribution in [3.05, 3.63) is 68.0 Å². The standard InChI is InChI=1S/C19H15Br2FN2O2S/c1-2-24-18(25)16(23-19(24)27)9-12-7-14(20)17(15(21)8-12)26-10-11-4-3-5-13(22)6-11/h3-9H,2,10H2,1H3,(H,23,27). The van der Waals surface area contributed by atoms with E-state index in [-0.39, 0.29) is 18.3 Å². The second-order valence-electron chi connectivity index (χ2n) is 5.77. The summed E-state index contributed by atoms with van der Waals surface area (Å²) in [6.07, 6.45) is 1.73. The highest BCUT2D eigenvalue weighted by Gasteiger charge is 2.29. The average Bonchev–Trinajstić information content (AvgIpc) is 2.87. The van der Waals surface area contributed by atoms with Crippen molar-refractivity contribution in [1.29, 1.82) is 0 Å². The second-order valence-corrected chi connectivity index (χ2v) is 7.87. The molecular formula is C19H15Br2FN2O2S. The number of benzene rings is 2. The summed E-state index contributed by atoms with van der Waals surface area (Å²) in [4.78, 5) is 13.8. The Hall–Kier alpha value is -1.77. The molecule has 2 aromatic carbocycles. The topological polar surface area (TPSA) is 41.6 Å². The predicted molar refractivity (Wildman–Crippen MR) is 114 cm³/mol. The number of carbonyl (C=O) groups is 1. The molecule has 1 N–H and O–H groups in total. The molecule has 1 fully saturated rings. The van der Waals surface area contributed by atoms with Crippen LogP contribution in [0.4, 0.5) is 4.39 Å². The van der Waals surface area contributed by atoms with E-state index in [1.807, 2.05) is 19.1 Å². The van der Waals surface area contributed by atoms with Crippen molar-refractivity contribution < 1.29 is 13.9 Å². The van der Waals surface area contributed by atoms with Gasteiger partial charge < -0.3 is 10.1 Å². The Morgan fingerprint density at radius 1 is 1.26 bits per heavy atom. The number of nitrogens with zero attached hydrogens (tertiary/aromatic N) is 1. The van der Waals surface area contributed by atoms with E-state index < -0.39 is 0 Å². The van der Waals surface area contributed by atoms with Crippen LogP contribution in [-0.2, 0) is 11.4 Å². The summed E-state index contributed by atoms with van der Waals surface area (Å²) in [6, 6.07) is 9.94. The van der Waals surface area contributed by atoms with Gasteiger partial charge in [-0.2, -0.15) is 0 Å². The Balaban J connectivity index is 1.80. The monoisotopic (exact) mass is 512 g/mol. The largest absolute Gasteiger partial charge is 0.487 e. The lowest BCUT2D eigenvalue weighted by molar-refractivity contribution is -0.122. The summed E-state index contributed by atoms with van der Waals surface area (Å²) >= 11 is 12.1. The van der Waals surface area contributed by atoms with Crippen molar-refractivity contribution in [2.45, 2.75) is 13.5 Å². The first kappa shape index (κ1) is 20.0. The molecule has 4 nitrogen and oxygen atoms in total. The van der Waals surface area contributed by atoms with Gasteiger partial charge in [0.15, 0.2) is 5.11 Å². The van der Waals surface area contributed by atoms with Crippen LogP contribution in [0.5, 0.6) is 5.75 Å². The number of nitrogens with one attached hydrogen (secondary N) is 1. The number of halogens is 3. The zero-order chi connectivity index (χ0) is 19.6. The molecule has 0 aliphatic carbocycles. The van der Waals surface area contributed by atoms with Gasteiger partial charge in [0.1, 0.15) is 23.9 Å². The van der Waals surface area contributed by atoms with Crippen LogP contribution in [0.1, 0.15) is 18.1 Å². The van der Waals surface area contributed by atoms with E-state index in [1.165, 1.54) is 17.0 Å². The van der Waals surface area contributed by atoms with Crippen molar-refractivity contribution in [3.8, 4) is 5.75 Å². The highest BCUT2D eigenvalue weighted by Crippen LogP contribution is 2.36. The average molecular weight is 514 g/mol. The zero-order valence-corrected chi connectivity index (χ0v) is 18.3. The van der Waals surface area contributed by atoms with E-state index in [2.05, 4.69) is 37.2 Å². The molecule has 0 atom stereocenters. The fourth-order valence-corrected chi connectivity index (χ4v) is 4.38. The first-order chi connectivity index (χ1) is 12.9. The third-order valence-corrected chi connectivity index (χ3v) is 5.38. The number of hydrogen-bond donors (Lipinski definition) is 1. The molecule has 3 rings (SSSR count). The minimum absolute atomic E-state index is 0.152. The third kappa shape index (κ3) is 4.56. The number of carbonyl (C=O) groups excluding carboxylic acids is 1. The fraction of sp³-hybridized carbons (Fsp3) is 0.158. The molecule has 0 aromatic heterocycles. The van der Waals surface area contributed by atoms with Crippen LogP contribution in [0.2, 0.25) is 0 Å². The van der Waals surface area contributed by atoms with Gasteiger partial charge in [-0.25, -0.2) is 4.39 Å². The first-order valence-corrected chi connectivity index (χ1v) is 10.1. The van der Waals surface area contributed by atoms with E-state index in [0.29, 0.717) is 32.0 Å². The summed E-state index contributed by atoms with van der Waals surface area (Å²) in [6.45, 7) is 2.62. The maximum Gasteiger partial charge on any atom is 0.276 e. The normalized spacial score (nSPS) is 15.4. The minimum Gasteiger partial charge on any atom is -0.487 e. The molecule has 0 radical (unpaired) electrons. The molecule has 8 heteroatoms. The summed E-state index contributed by atoms with van der Waals surface area (Å²) in [5.74, 6) is 0.142. The molecule has 2 aromatic rings. The Bertz CT molecular complexity index is 926. The maximum atomic E-state index is 13.3. The van der Waals surface area contributed by atoms with Crippen LogP contribution in [-0.4, -0.2) is 22.5 Å². The van der Waals surface area contributed by atoms with Crippen LogP contribution < -0.4 is 10.1 Å². The van der Waals surface area contributed by atoms with Gasteiger partial charge in [0, 0.05) is 6.54 Å². The summed E-state index contributed by atoms with van der Waals surface area (Å²) in [5.41, 5.74) is 1.95. The number of thiocarbonyl (C=S) groups is 1. The Morgan fingerprint density at radius 2 is 1.96 bits per heavy atom. The summed E-state index contributed by atoms with van der Waals surface area (Å²) < 4.78 is 20.5. The quantitative estimate of drug-likeness (QED) is 0.451. The molecule has 27 heavy (non-hydrogen) atoms. The Morgan fingerprint density at radius 3 is 2.56 bits per heavy atom. The Kier molecular flexibility index (Phi) is 6.29. The molecule has 1 aliphatic heterocycles. The van der Waals surface area contributed by atoms with Gasteiger partial charge in [-0.3, -0.25) is 9.69 Å². The van der Waals surface area contributed by atoms with E-state index in [0.717, 1.165) is 11.1 Å². The van der Waals surface area contributed by atoms with E-state index in [4.69, 9.17) is 17.0 Å². The number of likely N-dealkylation sites (N-methyl/N-ethyl adjacent to an activating group) is 1. The van der Waals surface area contributed by atoms with E-state index in [9.17, 15) is 9.18 Å².